The number of hydrogen-bond donors (Lipinski definition) is 2. The van der Waals surface area contributed by atoms with E-state index in [1.807, 2.05) is 12.1 Å². The molecule has 3 atom stereocenters. The van der Waals surface area contributed by atoms with Crippen molar-refractivity contribution in [1.29, 1.82) is 0 Å². The fraction of sp³-hybridized carbons (Fsp3) is 0.647. The van der Waals surface area contributed by atoms with Crippen molar-refractivity contribution in [3.05, 3.63) is 23.8 Å². The number of aromatic hydroxyl groups is 1. The van der Waals surface area contributed by atoms with Crippen molar-refractivity contribution in [2.45, 2.75) is 51.7 Å². The second kappa shape index (κ2) is 7.14. The van der Waals surface area contributed by atoms with Gasteiger partial charge in [0.2, 0.25) is 0 Å². The van der Waals surface area contributed by atoms with Crippen molar-refractivity contribution in [2.24, 2.45) is 0 Å². The highest BCUT2D eigenvalue weighted by atomic mass is 16.5. The molecule has 1 aromatic carbocycles. The van der Waals surface area contributed by atoms with E-state index in [2.05, 4.69) is 31.0 Å². The van der Waals surface area contributed by atoms with E-state index in [0.29, 0.717) is 23.9 Å². The highest BCUT2D eigenvalue weighted by Gasteiger charge is 2.30. The fourth-order valence-corrected chi connectivity index (χ4v) is 3.16. The number of phenols is 1. The Morgan fingerprint density at radius 1 is 1.38 bits per heavy atom. The topological polar surface area (TPSA) is 44.7 Å². The van der Waals surface area contributed by atoms with E-state index in [9.17, 15) is 5.11 Å². The Balaban J connectivity index is 2.21. The van der Waals surface area contributed by atoms with Crippen LogP contribution in [-0.4, -0.2) is 42.3 Å². The summed E-state index contributed by atoms with van der Waals surface area (Å²) in [5.74, 6) is 0.752. The average Bonchev–Trinajstić information content (AvgIpc) is 2.54. The van der Waals surface area contributed by atoms with Crippen molar-refractivity contribution in [3.8, 4) is 11.5 Å². The van der Waals surface area contributed by atoms with Crippen molar-refractivity contribution >= 4 is 0 Å². The van der Waals surface area contributed by atoms with Crippen LogP contribution >= 0.6 is 0 Å². The maximum Gasteiger partial charge on any atom is 0.160 e. The lowest BCUT2D eigenvalue weighted by atomic mass is 9.98. The first kappa shape index (κ1) is 16.1. The Morgan fingerprint density at radius 3 is 2.76 bits per heavy atom. The first-order chi connectivity index (χ1) is 10.1. The molecule has 21 heavy (non-hydrogen) atoms. The summed E-state index contributed by atoms with van der Waals surface area (Å²) in [6.07, 6.45) is 2.29. The molecule has 0 saturated carbocycles. The second-order valence-corrected chi connectivity index (χ2v) is 5.88. The highest BCUT2D eigenvalue weighted by Crippen LogP contribution is 2.32. The Labute approximate surface area is 128 Å². The van der Waals surface area contributed by atoms with Gasteiger partial charge in [-0.3, -0.25) is 4.90 Å². The zero-order valence-corrected chi connectivity index (χ0v) is 13.6. The maximum absolute atomic E-state index is 9.76. The first-order valence-corrected chi connectivity index (χ1v) is 7.96. The smallest absolute Gasteiger partial charge is 0.160 e. The predicted molar refractivity (Wildman–Crippen MR) is 85.9 cm³/mol. The van der Waals surface area contributed by atoms with Crippen LogP contribution in [0.1, 0.15) is 45.2 Å². The molecule has 2 N–H and O–H groups in total. The minimum atomic E-state index is 0.201. The van der Waals surface area contributed by atoms with Gasteiger partial charge in [-0.25, -0.2) is 0 Å². The minimum Gasteiger partial charge on any atom is -0.504 e. The number of hydrogen-bond acceptors (Lipinski definition) is 4. The molecule has 1 aliphatic rings. The molecular formula is C17H28N2O2. The maximum atomic E-state index is 9.76. The molecule has 2 rings (SSSR count). The van der Waals surface area contributed by atoms with Crippen molar-refractivity contribution < 1.29 is 9.84 Å². The van der Waals surface area contributed by atoms with Gasteiger partial charge in [0, 0.05) is 31.2 Å². The molecule has 1 aliphatic heterocycles. The molecular weight excluding hydrogens is 264 g/mol. The van der Waals surface area contributed by atoms with Gasteiger partial charge in [0.25, 0.3) is 0 Å². The molecule has 0 aromatic heterocycles. The van der Waals surface area contributed by atoms with Gasteiger partial charge in [-0.05, 0) is 37.5 Å². The molecule has 0 spiro atoms. The standard InChI is InChI=1S/C17H28N2O2/c1-5-14-11-19(15(6-2)10-18-14)12(3)13-7-8-16(20)17(9-13)21-4/h7-9,12,14-15,18,20H,5-6,10-11H2,1-4H3. The molecule has 4 nitrogen and oxygen atoms in total. The highest BCUT2D eigenvalue weighted by molar-refractivity contribution is 5.42. The van der Waals surface area contributed by atoms with Crippen LogP contribution in [0.2, 0.25) is 0 Å². The molecule has 1 fully saturated rings. The molecule has 0 radical (unpaired) electrons. The fourth-order valence-electron chi connectivity index (χ4n) is 3.16. The number of methoxy groups -OCH3 is 1. The predicted octanol–water partition coefficient (Wildman–Crippen LogP) is 2.92. The van der Waals surface area contributed by atoms with Crippen LogP contribution in [0, 0.1) is 0 Å². The number of ether oxygens (including phenoxy) is 1. The SMILES string of the molecule is CCC1CN(C(C)c2ccc(O)c(OC)c2)C(CC)CN1. The molecule has 1 saturated heterocycles. The Hall–Kier alpha value is -1.26. The number of phenolic OH excluding ortho intramolecular Hbond substituents is 1. The summed E-state index contributed by atoms with van der Waals surface area (Å²) in [5, 5.41) is 13.4. The van der Waals surface area contributed by atoms with E-state index in [4.69, 9.17) is 4.74 Å². The lowest BCUT2D eigenvalue weighted by molar-refractivity contribution is 0.0849. The monoisotopic (exact) mass is 292 g/mol. The normalized spacial score (nSPS) is 24.8. The van der Waals surface area contributed by atoms with Crippen molar-refractivity contribution in [1.82, 2.24) is 10.2 Å². The number of nitrogens with zero attached hydrogens (tertiary/aromatic N) is 1. The Morgan fingerprint density at radius 2 is 2.14 bits per heavy atom. The molecule has 0 bridgehead atoms. The minimum absolute atomic E-state index is 0.201. The van der Waals surface area contributed by atoms with Gasteiger partial charge >= 0.3 is 0 Å². The van der Waals surface area contributed by atoms with Gasteiger partial charge in [-0.15, -0.1) is 0 Å². The number of benzene rings is 1. The summed E-state index contributed by atoms with van der Waals surface area (Å²) in [5.41, 5.74) is 1.19. The van der Waals surface area contributed by atoms with Crippen LogP contribution in [0.25, 0.3) is 0 Å². The number of nitrogens with one attached hydrogen (secondary N) is 1. The molecule has 3 unspecified atom stereocenters. The summed E-state index contributed by atoms with van der Waals surface area (Å²) in [6.45, 7) is 8.84. The zero-order chi connectivity index (χ0) is 15.4. The lowest BCUT2D eigenvalue weighted by Crippen LogP contribution is -2.56. The molecule has 0 amide bonds. The van der Waals surface area contributed by atoms with Crippen LogP contribution in [0.15, 0.2) is 18.2 Å². The van der Waals surface area contributed by atoms with Gasteiger partial charge in [0.1, 0.15) is 0 Å². The van der Waals surface area contributed by atoms with Crippen molar-refractivity contribution in [3.63, 3.8) is 0 Å². The van der Waals surface area contributed by atoms with Gasteiger partial charge in [-0.1, -0.05) is 19.9 Å². The van der Waals surface area contributed by atoms with E-state index in [1.54, 1.807) is 13.2 Å². The lowest BCUT2D eigenvalue weighted by Gasteiger charge is -2.43. The van der Waals surface area contributed by atoms with Crippen LogP contribution in [-0.2, 0) is 0 Å². The molecule has 118 valence electrons. The molecule has 0 aliphatic carbocycles. The van der Waals surface area contributed by atoms with Crippen LogP contribution in [0.5, 0.6) is 11.5 Å². The third-order valence-electron chi connectivity index (χ3n) is 4.69. The van der Waals surface area contributed by atoms with Gasteiger partial charge in [0.05, 0.1) is 7.11 Å². The largest absolute Gasteiger partial charge is 0.504 e. The van der Waals surface area contributed by atoms with E-state index in [-0.39, 0.29) is 5.75 Å². The Bertz CT molecular complexity index is 464. The summed E-state index contributed by atoms with van der Waals surface area (Å²) >= 11 is 0. The summed E-state index contributed by atoms with van der Waals surface area (Å²) in [6, 6.07) is 7.12. The van der Waals surface area contributed by atoms with E-state index in [0.717, 1.165) is 25.9 Å². The summed E-state index contributed by atoms with van der Waals surface area (Å²) < 4.78 is 5.24. The van der Waals surface area contributed by atoms with Crippen LogP contribution < -0.4 is 10.1 Å². The quantitative estimate of drug-likeness (QED) is 0.876. The van der Waals surface area contributed by atoms with Gasteiger partial charge in [0.15, 0.2) is 11.5 Å². The van der Waals surface area contributed by atoms with Crippen LogP contribution in [0.3, 0.4) is 0 Å². The molecule has 1 aromatic rings. The van der Waals surface area contributed by atoms with E-state index < -0.39 is 0 Å². The molecule has 1 heterocycles. The summed E-state index contributed by atoms with van der Waals surface area (Å²) in [7, 11) is 1.59. The second-order valence-electron chi connectivity index (χ2n) is 5.88. The van der Waals surface area contributed by atoms with E-state index >= 15 is 0 Å². The van der Waals surface area contributed by atoms with E-state index in [1.165, 1.54) is 5.56 Å². The van der Waals surface area contributed by atoms with Gasteiger partial charge in [-0.2, -0.15) is 0 Å². The third-order valence-corrected chi connectivity index (χ3v) is 4.69. The van der Waals surface area contributed by atoms with Gasteiger partial charge < -0.3 is 15.2 Å². The first-order valence-electron chi connectivity index (χ1n) is 7.96. The van der Waals surface area contributed by atoms with Crippen molar-refractivity contribution in [2.75, 3.05) is 20.2 Å². The third kappa shape index (κ3) is 3.50. The Kier molecular flexibility index (Phi) is 5.48. The van der Waals surface area contributed by atoms with Crippen LogP contribution in [0.4, 0.5) is 0 Å². The molecule has 4 heteroatoms. The summed E-state index contributed by atoms with van der Waals surface area (Å²) in [4.78, 5) is 2.58. The number of rotatable bonds is 5. The number of piperazine rings is 1. The average molecular weight is 292 g/mol. The zero-order valence-electron chi connectivity index (χ0n) is 13.6.